The smallest absolute Gasteiger partial charge is 0.251 e. The van der Waals surface area contributed by atoms with Gasteiger partial charge in [0.05, 0.1) is 6.20 Å². The Bertz CT molecular complexity index is 207. The molecule has 0 saturated carbocycles. The van der Waals surface area contributed by atoms with Crippen LogP contribution in [-0.4, -0.2) is 27.8 Å². The van der Waals surface area contributed by atoms with Crippen molar-refractivity contribution in [3.05, 3.63) is 12.3 Å². The van der Waals surface area contributed by atoms with Crippen LogP contribution >= 0.6 is 0 Å². The molecule has 5 nitrogen and oxygen atoms in total. The molecule has 0 unspecified atom stereocenters. The molecule has 0 radical (unpaired) electrons. The highest BCUT2D eigenvalue weighted by atomic mass is 16.3. The quantitative estimate of drug-likeness (QED) is 0.511. The predicted molar refractivity (Wildman–Crippen MR) is 34.3 cm³/mol. The number of carbonyl (C=O) groups excluding carboxylic acids is 1. The van der Waals surface area contributed by atoms with Crippen LogP contribution in [-0.2, 0) is 4.79 Å². The maximum absolute atomic E-state index is 10.5. The average Bonchev–Trinajstić information content (AvgIpc) is 2.40. The van der Waals surface area contributed by atoms with Gasteiger partial charge in [0.1, 0.15) is 12.4 Å². The molecule has 1 rings (SSSR count). The fourth-order valence-electron chi connectivity index (χ4n) is 0.515. The molecule has 1 aromatic heterocycles. The van der Waals surface area contributed by atoms with Gasteiger partial charge in [-0.05, 0) is 0 Å². The largest absolute Gasteiger partial charge is 0.387 e. The van der Waals surface area contributed by atoms with E-state index in [1.54, 1.807) is 6.07 Å². The van der Waals surface area contributed by atoms with E-state index in [0.29, 0.717) is 5.82 Å². The van der Waals surface area contributed by atoms with E-state index in [-0.39, 0.29) is 0 Å². The van der Waals surface area contributed by atoms with Crippen LogP contribution in [0.2, 0.25) is 0 Å². The molecule has 0 aliphatic rings. The van der Waals surface area contributed by atoms with Gasteiger partial charge >= 0.3 is 0 Å². The number of anilines is 1. The zero-order valence-electron chi connectivity index (χ0n) is 5.16. The number of H-pyrrole nitrogens is 1. The first-order valence-corrected chi connectivity index (χ1v) is 2.73. The zero-order valence-corrected chi connectivity index (χ0v) is 5.16. The van der Waals surface area contributed by atoms with E-state index < -0.39 is 12.5 Å². The normalized spacial score (nSPS) is 9.30. The lowest BCUT2D eigenvalue weighted by molar-refractivity contribution is -0.118. The molecule has 54 valence electrons. The zero-order chi connectivity index (χ0) is 7.40. The van der Waals surface area contributed by atoms with Crippen molar-refractivity contribution in [2.45, 2.75) is 0 Å². The van der Waals surface area contributed by atoms with Crippen molar-refractivity contribution in [3.8, 4) is 0 Å². The van der Waals surface area contributed by atoms with E-state index in [0.717, 1.165) is 0 Å². The number of nitrogens with one attached hydrogen (secondary N) is 2. The third-order valence-electron chi connectivity index (χ3n) is 0.918. The molecule has 3 N–H and O–H groups in total. The van der Waals surface area contributed by atoms with Crippen molar-refractivity contribution in [1.82, 2.24) is 10.2 Å². The second kappa shape index (κ2) is 2.98. The Morgan fingerprint density at radius 3 is 3.20 bits per heavy atom. The number of carbonyl (C=O) groups is 1. The summed E-state index contributed by atoms with van der Waals surface area (Å²) in [5.41, 5.74) is 0. The molecule has 0 aromatic carbocycles. The Morgan fingerprint density at radius 1 is 1.90 bits per heavy atom. The molecule has 0 bridgehead atoms. The number of aromatic amines is 1. The second-order valence-electron chi connectivity index (χ2n) is 1.68. The van der Waals surface area contributed by atoms with Gasteiger partial charge in [0.2, 0.25) is 0 Å². The highest BCUT2D eigenvalue weighted by Crippen LogP contribution is 1.96. The van der Waals surface area contributed by atoms with E-state index in [2.05, 4.69) is 15.5 Å². The molecule has 0 fully saturated rings. The van der Waals surface area contributed by atoms with E-state index in [1.807, 2.05) is 0 Å². The Kier molecular flexibility index (Phi) is 2.01. The van der Waals surface area contributed by atoms with Gasteiger partial charge in [-0.15, -0.1) is 0 Å². The van der Waals surface area contributed by atoms with Crippen LogP contribution in [0, 0.1) is 0 Å². The van der Waals surface area contributed by atoms with Gasteiger partial charge < -0.3 is 10.4 Å². The van der Waals surface area contributed by atoms with Gasteiger partial charge in [-0.1, -0.05) is 0 Å². The Morgan fingerprint density at radius 2 is 2.70 bits per heavy atom. The Labute approximate surface area is 57.1 Å². The molecule has 10 heavy (non-hydrogen) atoms. The van der Waals surface area contributed by atoms with E-state index in [4.69, 9.17) is 5.11 Å². The number of nitrogens with zero attached hydrogens (tertiary/aromatic N) is 1. The molecule has 0 aliphatic carbocycles. The summed E-state index contributed by atoms with van der Waals surface area (Å²) in [5.74, 6) is 0.0308. The second-order valence-corrected chi connectivity index (χ2v) is 1.68. The van der Waals surface area contributed by atoms with E-state index in [1.165, 1.54) is 6.20 Å². The highest BCUT2D eigenvalue weighted by molar-refractivity contribution is 5.90. The van der Waals surface area contributed by atoms with Gasteiger partial charge in [0.25, 0.3) is 5.91 Å². The van der Waals surface area contributed by atoms with Crippen molar-refractivity contribution in [3.63, 3.8) is 0 Å². The number of hydrogen-bond acceptors (Lipinski definition) is 3. The summed E-state index contributed by atoms with van der Waals surface area (Å²) in [6.07, 6.45) is 1.51. The summed E-state index contributed by atoms with van der Waals surface area (Å²) in [6.45, 7) is -0.515. The van der Waals surface area contributed by atoms with Crippen molar-refractivity contribution in [2.24, 2.45) is 0 Å². The number of aliphatic hydroxyl groups excluding tert-OH is 1. The highest BCUT2D eigenvalue weighted by Gasteiger charge is 1.98. The number of hydrogen-bond donors (Lipinski definition) is 3. The third kappa shape index (κ3) is 1.56. The van der Waals surface area contributed by atoms with E-state index in [9.17, 15) is 4.79 Å². The van der Waals surface area contributed by atoms with Crippen LogP contribution in [0.3, 0.4) is 0 Å². The minimum absolute atomic E-state index is 0.454. The third-order valence-corrected chi connectivity index (χ3v) is 0.918. The molecule has 0 spiro atoms. The minimum atomic E-state index is -0.515. The van der Waals surface area contributed by atoms with Crippen LogP contribution in [0.5, 0.6) is 0 Å². The molecule has 1 heterocycles. The lowest BCUT2D eigenvalue weighted by Gasteiger charge is -1.95. The minimum Gasteiger partial charge on any atom is -0.387 e. The van der Waals surface area contributed by atoms with Gasteiger partial charge in [0.15, 0.2) is 0 Å². The average molecular weight is 141 g/mol. The van der Waals surface area contributed by atoms with Gasteiger partial charge in [0, 0.05) is 6.07 Å². The van der Waals surface area contributed by atoms with Crippen molar-refractivity contribution >= 4 is 11.7 Å². The number of aliphatic hydroxyl groups is 1. The summed E-state index contributed by atoms with van der Waals surface area (Å²) in [6, 6.07) is 1.59. The topological polar surface area (TPSA) is 78.0 Å². The first-order chi connectivity index (χ1) is 4.83. The summed E-state index contributed by atoms with van der Waals surface area (Å²) < 4.78 is 0. The van der Waals surface area contributed by atoms with Crippen molar-refractivity contribution in [1.29, 1.82) is 0 Å². The lowest BCUT2D eigenvalue weighted by atomic mass is 10.6. The first kappa shape index (κ1) is 6.76. The van der Waals surface area contributed by atoms with Crippen LogP contribution in [0.15, 0.2) is 12.3 Å². The lowest BCUT2D eigenvalue weighted by Crippen LogP contribution is -2.15. The summed E-state index contributed by atoms with van der Waals surface area (Å²) in [7, 11) is 0. The molecule has 1 aromatic rings. The maximum Gasteiger partial charge on any atom is 0.251 e. The van der Waals surface area contributed by atoms with Crippen molar-refractivity contribution < 1.29 is 9.90 Å². The standard InChI is InChI=1S/C5H7N3O2/c9-3-5(10)7-4-1-2-6-8-4/h1-2,9H,3H2,(H2,6,7,8,10). The van der Waals surface area contributed by atoms with E-state index >= 15 is 0 Å². The fraction of sp³-hybridized carbons (Fsp3) is 0.200. The van der Waals surface area contributed by atoms with Gasteiger partial charge in [-0.25, -0.2) is 0 Å². The van der Waals surface area contributed by atoms with Crippen LogP contribution in [0.1, 0.15) is 0 Å². The predicted octanol–water partition coefficient (Wildman–Crippen LogP) is -0.660. The molecule has 0 aliphatic heterocycles. The van der Waals surface area contributed by atoms with Gasteiger partial charge in [-0.3, -0.25) is 9.89 Å². The van der Waals surface area contributed by atoms with Crippen molar-refractivity contribution in [2.75, 3.05) is 11.9 Å². The molecule has 1 amide bonds. The number of amides is 1. The Hall–Kier alpha value is -1.36. The SMILES string of the molecule is O=C(CO)Nc1ccn[nH]1. The monoisotopic (exact) mass is 141 g/mol. The fourth-order valence-corrected chi connectivity index (χ4v) is 0.515. The van der Waals surface area contributed by atoms with Gasteiger partial charge in [-0.2, -0.15) is 5.10 Å². The maximum atomic E-state index is 10.5. The summed E-state index contributed by atoms with van der Waals surface area (Å²) in [5, 5.41) is 16.7. The molecular weight excluding hydrogens is 134 g/mol. The van der Waals surface area contributed by atoms with Crippen LogP contribution in [0.4, 0.5) is 5.82 Å². The number of aromatic nitrogens is 2. The van der Waals surface area contributed by atoms with Crippen LogP contribution in [0.25, 0.3) is 0 Å². The molecular formula is C5H7N3O2. The Balaban J connectivity index is 2.48. The summed E-state index contributed by atoms with van der Waals surface area (Å²) in [4.78, 5) is 10.5. The summed E-state index contributed by atoms with van der Waals surface area (Å²) >= 11 is 0. The molecule has 0 saturated heterocycles. The first-order valence-electron chi connectivity index (χ1n) is 2.73. The van der Waals surface area contributed by atoms with Crippen LogP contribution < -0.4 is 5.32 Å². The molecule has 0 atom stereocenters. The molecule has 5 heteroatoms. The number of rotatable bonds is 2.